The van der Waals surface area contributed by atoms with E-state index in [1.165, 1.54) is 12.1 Å². The van der Waals surface area contributed by atoms with Gasteiger partial charge in [0.1, 0.15) is 0 Å². The molecule has 1 aromatic heterocycles. The minimum absolute atomic E-state index is 0.635. The maximum Gasteiger partial charge on any atom is 0.416 e. The van der Waals surface area contributed by atoms with E-state index in [1.54, 1.807) is 0 Å². The summed E-state index contributed by atoms with van der Waals surface area (Å²) in [7, 11) is 0. The highest BCUT2D eigenvalue weighted by Crippen LogP contribution is 2.35. The van der Waals surface area contributed by atoms with Gasteiger partial charge in [-0.3, -0.25) is 0 Å². The Bertz CT molecular complexity index is 1030. The molecular weight excluding hydrogens is 371 g/mol. The van der Waals surface area contributed by atoms with Crippen LogP contribution in [-0.4, -0.2) is 4.57 Å². The van der Waals surface area contributed by atoms with Gasteiger partial charge in [0.25, 0.3) is 0 Å². The lowest BCUT2D eigenvalue weighted by Crippen LogP contribution is -2.05. The third-order valence-electron chi connectivity index (χ3n) is 4.53. The van der Waals surface area contributed by atoms with Crippen LogP contribution < -0.4 is 0 Å². The Hall–Kier alpha value is -2.75. The number of benzene rings is 3. The second-order valence-corrected chi connectivity index (χ2v) is 6.42. The Balaban J connectivity index is 0.000000707. The molecule has 0 atom stereocenters. The number of rotatable bonds is 1. The number of aromatic nitrogens is 1. The number of hydrogen-bond acceptors (Lipinski definition) is 0. The molecule has 1 nitrogen and oxygen atoms in total. The van der Waals surface area contributed by atoms with Crippen LogP contribution in [0.1, 0.15) is 44.4 Å². The van der Waals surface area contributed by atoms with Gasteiger partial charge in [0, 0.05) is 16.5 Å². The van der Waals surface area contributed by atoms with E-state index in [9.17, 15) is 13.2 Å². The maximum atomic E-state index is 12.9. The molecule has 4 aromatic rings. The number of fused-ring (bicyclic) bond motifs is 3. The third kappa shape index (κ3) is 4.47. The predicted molar refractivity (Wildman–Crippen MR) is 118 cm³/mol. The van der Waals surface area contributed by atoms with E-state index in [0.29, 0.717) is 0 Å². The second-order valence-electron chi connectivity index (χ2n) is 6.42. The van der Waals surface area contributed by atoms with Gasteiger partial charge in [-0.05, 0) is 62.4 Å². The topological polar surface area (TPSA) is 4.93 Å². The van der Waals surface area contributed by atoms with Crippen LogP contribution in [0.5, 0.6) is 0 Å². The van der Waals surface area contributed by atoms with Crippen LogP contribution in [0.4, 0.5) is 13.2 Å². The monoisotopic (exact) mass is 399 g/mol. The average Bonchev–Trinajstić information content (AvgIpc) is 3.03. The summed E-state index contributed by atoms with van der Waals surface area (Å²) in [6, 6.07) is 17.7. The van der Waals surface area contributed by atoms with Crippen molar-refractivity contribution in [1.82, 2.24) is 4.57 Å². The smallest absolute Gasteiger partial charge is 0.309 e. The Morgan fingerprint density at radius 1 is 0.621 bits per heavy atom. The third-order valence-corrected chi connectivity index (χ3v) is 4.53. The quantitative estimate of drug-likeness (QED) is 0.302. The van der Waals surface area contributed by atoms with Gasteiger partial charge >= 0.3 is 6.18 Å². The van der Waals surface area contributed by atoms with Crippen LogP contribution >= 0.6 is 0 Å². The largest absolute Gasteiger partial charge is 0.416 e. The molecule has 0 aliphatic carbocycles. The van der Waals surface area contributed by atoms with E-state index < -0.39 is 11.7 Å². The molecule has 0 fully saturated rings. The van der Waals surface area contributed by atoms with Gasteiger partial charge in [-0.15, -0.1) is 0 Å². The zero-order valence-corrected chi connectivity index (χ0v) is 17.9. The number of nitrogens with zero attached hydrogens (tertiary/aromatic N) is 1. The SMILES string of the molecule is CC.CC.Cc1ccc2c(c1)c1cc(C)ccc1n2-c1ccc(C(F)(F)F)cc1. The Kier molecular flexibility index (Phi) is 7.12. The highest BCUT2D eigenvalue weighted by Gasteiger charge is 2.30. The number of hydrogen-bond donors (Lipinski definition) is 0. The lowest BCUT2D eigenvalue weighted by Gasteiger charge is -2.11. The van der Waals surface area contributed by atoms with E-state index >= 15 is 0 Å². The number of aryl methyl sites for hydroxylation is 2. The molecule has 0 bridgehead atoms. The Labute approximate surface area is 170 Å². The highest BCUT2D eigenvalue weighted by atomic mass is 19.4. The van der Waals surface area contributed by atoms with Crippen LogP contribution in [0, 0.1) is 13.8 Å². The standard InChI is InChI=1S/C21H16F3N.2C2H6/c1-13-3-9-19-17(11-13)18-12-14(2)4-10-20(18)25(19)16-7-5-15(6-8-16)21(22,23)24;2*1-2/h3-12H,1-2H3;2*1-2H3. The van der Waals surface area contributed by atoms with Crippen molar-refractivity contribution in [1.29, 1.82) is 0 Å². The van der Waals surface area contributed by atoms with Gasteiger partial charge < -0.3 is 4.57 Å². The molecule has 4 rings (SSSR count). The molecule has 0 N–H and O–H groups in total. The fourth-order valence-electron chi connectivity index (χ4n) is 3.33. The first-order valence-corrected chi connectivity index (χ1v) is 10.0. The van der Waals surface area contributed by atoms with E-state index in [2.05, 4.69) is 12.1 Å². The molecule has 1 heterocycles. The summed E-state index contributed by atoms with van der Waals surface area (Å²) >= 11 is 0. The zero-order valence-electron chi connectivity index (χ0n) is 17.9. The molecule has 4 heteroatoms. The molecule has 0 radical (unpaired) electrons. The summed E-state index contributed by atoms with van der Waals surface area (Å²) in [5.41, 5.74) is 4.38. The van der Waals surface area contributed by atoms with Crippen molar-refractivity contribution in [3.05, 3.63) is 77.4 Å². The summed E-state index contributed by atoms with van der Waals surface area (Å²) in [5.74, 6) is 0. The molecule has 0 aliphatic rings. The zero-order chi connectivity index (χ0) is 21.8. The predicted octanol–water partition coefficient (Wildman–Crippen LogP) is 8.47. The lowest BCUT2D eigenvalue weighted by molar-refractivity contribution is -0.137. The molecule has 0 saturated carbocycles. The van der Waals surface area contributed by atoms with Gasteiger partial charge in [-0.25, -0.2) is 0 Å². The van der Waals surface area contributed by atoms with Crippen molar-refractivity contribution < 1.29 is 13.2 Å². The summed E-state index contributed by atoms with van der Waals surface area (Å²) in [6.45, 7) is 12.1. The fourth-order valence-corrected chi connectivity index (χ4v) is 3.33. The first-order valence-electron chi connectivity index (χ1n) is 10.0. The van der Waals surface area contributed by atoms with Crippen LogP contribution in [0.3, 0.4) is 0 Å². The molecule has 0 spiro atoms. The van der Waals surface area contributed by atoms with E-state index in [1.807, 2.05) is 70.4 Å². The molecule has 3 aromatic carbocycles. The van der Waals surface area contributed by atoms with Crippen molar-refractivity contribution in [2.24, 2.45) is 0 Å². The Morgan fingerprint density at radius 3 is 1.41 bits per heavy atom. The minimum atomic E-state index is -4.33. The maximum absolute atomic E-state index is 12.9. The van der Waals surface area contributed by atoms with E-state index in [4.69, 9.17) is 0 Å². The highest BCUT2D eigenvalue weighted by molar-refractivity contribution is 6.09. The lowest BCUT2D eigenvalue weighted by atomic mass is 10.1. The second kappa shape index (κ2) is 9.17. The van der Waals surface area contributed by atoms with Crippen LogP contribution in [0.15, 0.2) is 60.7 Å². The van der Waals surface area contributed by atoms with Crippen LogP contribution in [0.2, 0.25) is 0 Å². The van der Waals surface area contributed by atoms with Crippen molar-refractivity contribution in [2.45, 2.75) is 47.7 Å². The van der Waals surface area contributed by atoms with Crippen LogP contribution in [-0.2, 0) is 6.18 Å². The minimum Gasteiger partial charge on any atom is -0.309 e. The molecular formula is C25H28F3N. The summed E-state index contributed by atoms with van der Waals surface area (Å²) in [5, 5.41) is 2.22. The Morgan fingerprint density at radius 2 is 1.03 bits per heavy atom. The summed E-state index contributed by atoms with van der Waals surface area (Å²) < 4.78 is 40.6. The van der Waals surface area contributed by atoms with Gasteiger partial charge in [-0.1, -0.05) is 51.0 Å². The first-order chi connectivity index (χ1) is 13.8. The molecule has 154 valence electrons. The molecule has 0 unspecified atom stereocenters. The molecule has 0 amide bonds. The van der Waals surface area contributed by atoms with Gasteiger partial charge in [-0.2, -0.15) is 13.2 Å². The number of alkyl halides is 3. The van der Waals surface area contributed by atoms with Gasteiger partial charge in [0.05, 0.1) is 16.6 Å². The first kappa shape index (κ1) is 22.5. The van der Waals surface area contributed by atoms with E-state index in [0.717, 1.165) is 50.8 Å². The molecule has 29 heavy (non-hydrogen) atoms. The summed E-state index contributed by atoms with van der Waals surface area (Å²) in [4.78, 5) is 0. The summed E-state index contributed by atoms with van der Waals surface area (Å²) in [6.07, 6.45) is -4.33. The number of halogens is 3. The van der Waals surface area contributed by atoms with Crippen molar-refractivity contribution in [3.8, 4) is 5.69 Å². The molecule has 0 saturated heterocycles. The van der Waals surface area contributed by atoms with Gasteiger partial charge in [0.15, 0.2) is 0 Å². The van der Waals surface area contributed by atoms with Crippen LogP contribution in [0.25, 0.3) is 27.5 Å². The van der Waals surface area contributed by atoms with Crippen molar-refractivity contribution in [3.63, 3.8) is 0 Å². The normalized spacial score (nSPS) is 10.9. The average molecular weight is 400 g/mol. The van der Waals surface area contributed by atoms with Gasteiger partial charge in [0.2, 0.25) is 0 Å². The van der Waals surface area contributed by atoms with Crippen molar-refractivity contribution >= 4 is 21.8 Å². The van der Waals surface area contributed by atoms with E-state index in [-0.39, 0.29) is 0 Å². The molecule has 0 aliphatic heterocycles. The fraction of sp³-hybridized carbons (Fsp3) is 0.280. The van der Waals surface area contributed by atoms with Crippen molar-refractivity contribution in [2.75, 3.05) is 0 Å².